The number of urea groups is 1. The number of anilines is 1. The molecule has 9 heteroatoms. The Kier molecular flexibility index (Phi) is 7.87. The van der Waals surface area contributed by atoms with Crippen LogP contribution in [0.1, 0.15) is 31.2 Å². The van der Waals surface area contributed by atoms with Gasteiger partial charge in [-0.3, -0.25) is 10.0 Å². The number of pyridine rings is 1. The molecule has 0 spiro atoms. The molecule has 3 heterocycles. The average molecular weight is 396 g/mol. The van der Waals surface area contributed by atoms with Crippen molar-refractivity contribution in [2.75, 3.05) is 31.5 Å². The van der Waals surface area contributed by atoms with E-state index >= 15 is 0 Å². The van der Waals surface area contributed by atoms with E-state index in [0.29, 0.717) is 6.54 Å². The van der Waals surface area contributed by atoms with Crippen LogP contribution in [0.2, 0.25) is 0 Å². The van der Waals surface area contributed by atoms with E-state index in [-0.39, 0.29) is 24.5 Å². The lowest BCUT2D eigenvalue weighted by atomic mass is 10.1. The molecule has 0 bridgehead atoms. The van der Waals surface area contributed by atoms with Gasteiger partial charge in [0.15, 0.2) is 0 Å². The Balaban J connectivity index is 0.00000261. The zero-order chi connectivity index (χ0) is 18.4. The number of aromatic nitrogens is 1. The lowest BCUT2D eigenvalue weighted by molar-refractivity contribution is -0.124. The van der Waals surface area contributed by atoms with Crippen molar-refractivity contribution in [3.63, 3.8) is 0 Å². The first-order valence-electron chi connectivity index (χ1n) is 9.04. The molecule has 27 heavy (non-hydrogen) atoms. The number of halogens is 1. The highest BCUT2D eigenvalue weighted by molar-refractivity contribution is 5.90. The first-order chi connectivity index (χ1) is 12.7. The summed E-state index contributed by atoms with van der Waals surface area (Å²) in [7, 11) is 0. The van der Waals surface area contributed by atoms with Gasteiger partial charge in [0, 0.05) is 44.5 Å². The van der Waals surface area contributed by atoms with Crippen LogP contribution < -0.4 is 10.8 Å². The van der Waals surface area contributed by atoms with Gasteiger partial charge in [-0.1, -0.05) is 0 Å². The number of piperidine rings is 1. The van der Waals surface area contributed by atoms with Crippen molar-refractivity contribution in [2.45, 2.75) is 31.7 Å². The number of amides is 3. The summed E-state index contributed by atoms with van der Waals surface area (Å²) in [4.78, 5) is 31.7. The summed E-state index contributed by atoms with van der Waals surface area (Å²) in [5.41, 5.74) is 2.29. The molecule has 2 aliphatic heterocycles. The number of hydrogen-bond donors (Lipinski definition) is 3. The molecule has 0 radical (unpaired) electrons. The lowest BCUT2D eigenvalue weighted by Crippen LogP contribution is -2.45. The highest BCUT2D eigenvalue weighted by atomic mass is 35.5. The van der Waals surface area contributed by atoms with Crippen molar-refractivity contribution in [1.29, 1.82) is 0 Å². The topological polar surface area (TPSA) is 97.8 Å². The standard InChI is InChI=1S/C18H25N5O3.ClH/c24-17(21-26)7-5-14-4-6-16(19-12-14)20-15-8-11-23(13-15)18(25)22-9-2-1-3-10-22;/h4-7,12,15,26H,1-3,8-11,13H2,(H,19,20)(H,21,24);1H/t15-;/m1./s1. The highest BCUT2D eigenvalue weighted by Gasteiger charge is 2.29. The van der Waals surface area contributed by atoms with Gasteiger partial charge in [0.1, 0.15) is 5.82 Å². The van der Waals surface area contributed by atoms with Crippen molar-refractivity contribution in [2.24, 2.45) is 0 Å². The number of nitrogens with zero attached hydrogens (tertiary/aromatic N) is 3. The van der Waals surface area contributed by atoms with E-state index in [0.717, 1.165) is 50.3 Å². The maximum absolute atomic E-state index is 12.5. The van der Waals surface area contributed by atoms with Crippen LogP contribution in [0.15, 0.2) is 24.4 Å². The molecular weight excluding hydrogens is 370 g/mol. The zero-order valence-corrected chi connectivity index (χ0v) is 16.0. The number of hydrogen-bond acceptors (Lipinski definition) is 5. The third-order valence-electron chi connectivity index (χ3n) is 4.76. The van der Waals surface area contributed by atoms with Crippen molar-refractivity contribution in [1.82, 2.24) is 20.3 Å². The number of nitrogens with one attached hydrogen (secondary N) is 2. The van der Waals surface area contributed by atoms with Crippen molar-refractivity contribution < 1.29 is 14.8 Å². The Bertz CT molecular complexity index is 661. The van der Waals surface area contributed by atoms with Crippen LogP contribution in [0.4, 0.5) is 10.6 Å². The van der Waals surface area contributed by atoms with Crippen molar-refractivity contribution >= 4 is 36.2 Å². The van der Waals surface area contributed by atoms with E-state index in [1.54, 1.807) is 12.3 Å². The molecule has 148 valence electrons. The van der Waals surface area contributed by atoms with Gasteiger partial charge in [0.2, 0.25) is 0 Å². The molecule has 2 saturated heterocycles. The average Bonchev–Trinajstić information content (AvgIpc) is 3.15. The summed E-state index contributed by atoms with van der Waals surface area (Å²) in [6.07, 6.45) is 8.77. The zero-order valence-electron chi connectivity index (χ0n) is 15.1. The Labute approximate surface area is 165 Å². The van der Waals surface area contributed by atoms with E-state index in [9.17, 15) is 9.59 Å². The summed E-state index contributed by atoms with van der Waals surface area (Å²) in [6.45, 7) is 3.20. The van der Waals surface area contributed by atoms with Crippen LogP contribution >= 0.6 is 12.4 Å². The predicted molar refractivity (Wildman–Crippen MR) is 105 cm³/mol. The maximum atomic E-state index is 12.5. The van der Waals surface area contributed by atoms with Gasteiger partial charge in [-0.2, -0.15) is 0 Å². The van der Waals surface area contributed by atoms with Gasteiger partial charge in [-0.05, 0) is 49.5 Å². The Morgan fingerprint density at radius 1 is 1.15 bits per heavy atom. The first-order valence-corrected chi connectivity index (χ1v) is 9.04. The summed E-state index contributed by atoms with van der Waals surface area (Å²) in [5, 5.41) is 11.8. The summed E-state index contributed by atoms with van der Waals surface area (Å²) in [5.74, 6) is 0.155. The van der Waals surface area contributed by atoms with E-state index < -0.39 is 5.91 Å². The molecule has 1 atom stereocenters. The fourth-order valence-electron chi connectivity index (χ4n) is 3.34. The number of carbonyl (C=O) groups excluding carboxylic acids is 2. The molecule has 0 aliphatic carbocycles. The lowest BCUT2D eigenvalue weighted by Gasteiger charge is -2.31. The van der Waals surface area contributed by atoms with Gasteiger partial charge >= 0.3 is 6.03 Å². The SMILES string of the molecule is Cl.O=C(C=Cc1ccc(N[C@@H]2CCN(C(=O)N3CCCCC3)C2)nc1)NO. The highest BCUT2D eigenvalue weighted by Crippen LogP contribution is 2.18. The van der Waals surface area contributed by atoms with E-state index in [4.69, 9.17) is 5.21 Å². The molecule has 0 saturated carbocycles. The Morgan fingerprint density at radius 2 is 1.93 bits per heavy atom. The number of carbonyl (C=O) groups is 2. The predicted octanol–water partition coefficient (Wildman–Crippen LogP) is 2.11. The molecular formula is C18H26ClN5O3. The van der Waals surface area contributed by atoms with Crippen LogP contribution in [0.25, 0.3) is 6.08 Å². The maximum Gasteiger partial charge on any atom is 0.320 e. The van der Waals surface area contributed by atoms with Gasteiger partial charge in [-0.15, -0.1) is 12.4 Å². The molecule has 3 amide bonds. The number of rotatable bonds is 4. The second-order valence-corrected chi connectivity index (χ2v) is 6.69. The van der Waals surface area contributed by atoms with Gasteiger partial charge in [-0.25, -0.2) is 15.3 Å². The molecule has 0 aromatic carbocycles. The minimum atomic E-state index is -0.586. The van der Waals surface area contributed by atoms with Crippen LogP contribution in [-0.4, -0.2) is 64.2 Å². The van der Waals surface area contributed by atoms with Gasteiger partial charge < -0.3 is 15.1 Å². The summed E-state index contributed by atoms with van der Waals surface area (Å²) < 4.78 is 0. The Morgan fingerprint density at radius 3 is 2.59 bits per heavy atom. The smallest absolute Gasteiger partial charge is 0.320 e. The number of likely N-dealkylation sites (tertiary alicyclic amines) is 2. The molecule has 0 unspecified atom stereocenters. The fourth-order valence-corrected chi connectivity index (χ4v) is 3.34. The largest absolute Gasteiger partial charge is 0.365 e. The van der Waals surface area contributed by atoms with Crippen LogP contribution in [0, 0.1) is 0 Å². The minimum Gasteiger partial charge on any atom is -0.365 e. The Hall–Kier alpha value is -2.32. The minimum absolute atomic E-state index is 0. The molecule has 3 rings (SSSR count). The van der Waals surface area contributed by atoms with Crippen LogP contribution in [0.3, 0.4) is 0 Å². The van der Waals surface area contributed by atoms with Crippen molar-refractivity contribution in [3.05, 3.63) is 30.0 Å². The normalized spacial score (nSPS) is 19.7. The van der Waals surface area contributed by atoms with Gasteiger partial charge in [0.05, 0.1) is 0 Å². The molecule has 2 aliphatic rings. The quantitative estimate of drug-likeness (QED) is 0.412. The molecule has 2 fully saturated rings. The van der Waals surface area contributed by atoms with Crippen molar-refractivity contribution in [3.8, 4) is 0 Å². The second-order valence-electron chi connectivity index (χ2n) is 6.69. The number of hydroxylamine groups is 1. The summed E-state index contributed by atoms with van der Waals surface area (Å²) in [6, 6.07) is 4.02. The van der Waals surface area contributed by atoms with E-state index in [1.165, 1.54) is 18.0 Å². The van der Waals surface area contributed by atoms with Gasteiger partial charge in [0.25, 0.3) is 5.91 Å². The third-order valence-corrected chi connectivity index (χ3v) is 4.76. The van der Waals surface area contributed by atoms with Crippen LogP contribution in [0.5, 0.6) is 0 Å². The van der Waals surface area contributed by atoms with Crippen LogP contribution in [-0.2, 0) is 4.79 Å². The van der Waals surface area contributed by atoms with E-state index in [2.05, 4.69) is 10.3 Å². The van der Waals surface area contributed by atoms with E-state index in [1.807, 2.05) is 21.9 Å². The summed E-state index contributed by atoms with van der Waals surface area (Å²) >= 11 is 0. The molecule has 8 nitrogen and oxygen atoms in total. The second kappa shape index (κ2) is 10.1. The molecule has 1 aromatic heterocycles. The molecule has 1 aromatic rings. The third kappa shape index (κ3) is 5.83. The fraction of sp³-hybridized carbons (Fsp3) is 0.500. The molecule has 3 N–H and O–H groups in total. The first kappa shape index (κ1) is 21.0. The monoisotopic (exact) mass is 395 g/mol.